The third kappa shape index (κ3) is 4.92. The monoisotopic (exact) mass is 375 g/mol. The van der Waals surface area contributed by atoms with Crippen molar-refractivity contribution in [2.24, 2.45) is 11.8 Å². The van der Waals surface area contributed by atoms with E-state index in [1.807, 2.05) is 0 Å². The Morgan fingerprint density at radius 3 is 2.00 bits per heavy atom. The molecular weight excluding hydrogens is 358 g/mol. The molecule has 2 unspecified atom stereocenters. The van der Waals surface area contributed by atoms with Crippen LogP contribution in [0.2, 0.25) is 0 Å². The molecule has 0 bridgehead atoms. The van der Waals surface area contributed by atoms with E-state index >= 15 is 0 Å². The van der Waals surface area contributed by atoms with Crippen LogP contribution in [0.25, 0.3) is 0 Å². The van der Waals surface area contributed by atoms with E-state index in [0.717, 1.165) is 18.2 Å². The first-order valence-electron chi connectivity index (χ1n) is 7.92. The van der Waals surface area contributed by atoms with E-state index in [1.54, 1.807) is 12.1 Å². The number of nitro groups is 1. The van der Waals surface area contributed by atoms with Gasteiger partial charge in [0.2, 0.25) is 0 Å². The molecule has 1 aromatic rings. The van der Waals surface area contributed by atoms with Gasteiger partial charge in [-0.25, -0.2) is 0 Å². The molecule has 27 heavy (non-hydrogen) atoms. The molecule has 10 heteroatoms. The van der Waals surface area contributed by atoms with Gasteiger partial charge >= 0.3 is 11.9 Å². The molecular formula is C17H17N3O7. The summed E-state index contributed by atoms with van der Waals surface area (Å²) in [5.41, 5.74) is -0.725. The number of esters is 2. The van der Waals surface area contributed by atoms with Crippen molar-refractivity contribution in [1.29, 1.82) is 10.5 Å². The number of phenolic OH excluding ortho intramolecular Hbond substituents is 1. The van der Waals surface area contributed by atoms with E-state index < -0.39 is 46.1 Å². The first kappa shape index (κ1) is 21.4. The van der Waals surface area contributed by atoms with Gasteiger partial charge in [-0.15, -0.1) is 0 Å². The lowest BCUT2D eigenvalue weighted by Gasteiger charge is -2.24. The Labute approximate surface area is 154 Å². The van der Waals surface area contributed by atoms with Crippen molar-refractivity contribution in [3.05, 3.63) is 33.9 Å². The topological polar surface area (TPSA) is 164 Å². The molecule has 0 spiro atoms. The zero-order valence-electron chi connectivity index (χ0n) is 14.6. The summed E-state index contributed by atoms with van der Waals surface area (Å²) in [6.45, 7) is 2.86. The molecule has 0 radical (unpaired) electrons. The zero-order chi connectivity index (χ0) is 20.6. The van der Waals surface area contributed by atoms with Crippen LogP contribution in [-0.2, 0) is 19.1 Å². The Kier molecular flexibility index (Phi) is 7.70. The van der Waals surface area contributed by atoms with Gasteiger partial charge in [0.25, 0.3) is 5.69 Å². The number of non-ortho nitro benzene ring substituents is 1. The second-order valence-corrected chi connectivity index (χ2v) is 5.24. The highest BCUT2D eigenvalue weighted by Gasteiger charge is 2.43. The summed E-state index contributed by atoms with van der Waals surface area (Å²) >= 11 is 0. The van der Waals surface area contributed by atoms with Crippen LogP contribution in [0.15, 0.2) is 18.2 Å². The minimum absolute atomic E-state index is 0.0682. The number of nitro benzene ring substituents is 1. The van der Waals surface area contributed by atoms with Crippen molar-refractivity contribution in [2.45, 2.75) is 19.8 Å². The van der Waals surface area contributed by atoms with E-state index in [0.29, 0.717) is 0 Å². The number of carbonyl (C=O) groups excluding carboxylic acids is 2. The van der Waals surface area contributed by atoms with Crippen molar-refractivity contribution < 1.29 is 29.1 Å². The molecule has 0 aromatic heterocycles. The van der Waals surface area contributed by atoms with Crippen LogP contribution < -0.4 is 0 Å². The number of hydrogen-bond donors (Lipinski definition) is 1. The maximum absolute atomic E-state index is 12.2. The van der Waals surface area contributed by atoms with Crippen LogP contribution in [0.5, 0.6) is 5.75 Å². The summed E-state index contributed by atoms with van der Waals surface area (Å²) in [7, 11) is 0. The highest BCUT2D eigenvalue weighted by atomic mass is 16.6. The molecule has 1 aromatic carbocycles. The van der Waals surface area contributed by atoms with Crippen LogP contribution in [0, 0.1) is 44.6 Å². The van der Waals surface area contributed by atoms with Gasteiger partial charge in [-0.1, -0.05) is 0 Å². The maximum atomic E-state index is 12.2. The van der Waals surface area contributed by atoms with Crippen molar-refractivity contribution in [1.82, 2.24) is 0 Å². The largest absolute Gasteiger partial charge is 0.508 e. The first-order chi connectivity index (χ1) is 12.8. The predicted molar refractivity (Wildman–Crippen MR) is 89.0 cm³/mol. The molecule has 1 rings (SSSR count). The Bertz CT molecular complexity index is 774. The van der Waals surface area contributed by atoms with Crippen LogP contribution >= 0.6 is 0 Å². The van der Waals surface area contributed by atoms with Gasteiger partial charge < -0.3 is 14.6 Å². The Hall–Kier alpha value is -3.66. The molecule has 10 nitrogen and oxygen atoms in total. The Morgan fingerprint density at radius 2 is 1.63 bits per heavy atom. The molecule has 0 fully saturated rings. The number of aromatic hydroxyl groups is 1. The number of benzene rings is 1. The fourth-order valence-corrected chi connectivity index (χ4v) is 2.50. The third-order valence-corrected chi connectivity index (χ3v) is 3.66. The number of carbonyl (C=O) groups is 2. The van der Waals surface area contributed by atoms with Crippen molar-refractivity contribution in [3.63, 3.8) is 0 Å². The second kappa shape index (κ2) is 9.73. The first-order valence-corrected chi connectivity index (χ1v) is 7.92. The fraction of sp³-hybridized carbons (Fsp3) is 0.412. The SMILES string of the molecule is CCOC(=O)C(C#N)C(c1cc([N+](=O)[O-])ccc1O)C(C#N)C(=O)OCC. The molecule has 0 saturated carbocycles. The van der Waals surface area contributed by atoms with Crippen LogP contribution in [0.1, 0.15) is 25.3 Å². The number of phenols is 1. The van der Waals surface area contributed by atoms with Crippen molar-refractivity contribution in [2.75, 3.05) is 13.2 Å². The third-order valence-electron chi connectivity index (χ3n) is 3.66. The number of nitriles is 2. The molecule has 0 saturated heterocycles. The van der Waals surface area contributed by atoms with E-state index in [1.165, 1.54) is 13.8 Å². The van der Waals surface area contributed by atoms with Crippen molar-refractivity contribution in [3.8, 4) is 17.9 Å². The minimum Gasteiger partial charge on any atom is -0.508 e. The van der Waals surface area contributed by atoms with E-state index in [-0.39, 0.29) is 18.8 Å². The lowest BCUT2D eigenvalue weighted by Crippen LogP contribution is -2.33. The number of ether oxygens (including phenoxy) is 2. The summed E-state index contributed by atoms with van der Waals surface area (Å²) in [4.78, 5) is 34.7. The summed E-state index contributed by atoms with van der Waals surface area (Å²) in [5, 5.41) is 40.1. The molecule has 142 valence electrons. The molecule has 0 aliphatic carbocycles. The lowest BCUT2D eigenvalue weighted by atomic mass is 9.77. The molecule has 0 heterocycles. The van der Waals surface area contributed by atoms with Gasteiger partial charge in [-0.3, -0.25) is 19.7 Å². The van der Waals surface area contributed by atoms with Gasteiger partial charge in [0, 0.05) is 23.6 Å². The van der Waals surface area contributed by atoms with Crippen LogP contribution in [-0.4, -0.2) is 35.2 Å². The van der Waals surface area contributed by atoms with Gasteiger partial charge in [-0.05, 0) is 19.9 Å². The second-order valence-electron chi connectivity index (χ2n) is 5.24. The number of hydrogen-bond acceptors (Lipinski definition) is 9. The van der Waals surface area contributed by atoms with Gasteiger partial charge in [0.05, 0.1) is 30.3 Å². The van der Waals surface area contributed by atoms with Crippen LogP contribution in [0.4, 0.5) is 5.69 Å². The maximum Gasteiger partial charge on any atom is 0.324 e. The normalized spacial score (nSPS) is 13.3. The summed E-state index contributed by atoms with van der Waals surface area (Å²) in [6.07, 6.45) is 0. The summed E-state index contributed by atoms with van der Waals surface area (Å²) in [5.74, 6) is -7.45. The van der Waals surface area contributed by atoms with Gasteiger partial charge in [0.15, 0.2) is 11.8 Å². The van der Waals surface area contributed by atoms with Crippen LogP contribution in [0.3, 0.4) is 0 Å². The van der Waals surface area contributed by atoms with E-state index in [2.05, 4.69) is 0 Å². The minimum atomic E-state index is -1.67. The average Bonchev–Trinajstić information content (AvgIpc) is 2.62. The zero-order valence-corrected chi connectivity index (χ0v) is 14.6. The Morgan fingerprint density at radius 1 is 1.15 bits per heavy atom. The molecule has 0 amide bonds. The molecule has 0 aliphatic rings. The molecule has 1 N–H and O–H groups in total. The standard InChI is InChI=1S/C17H17N3O7/c1-3-26-16(22)12(8-18)15(13(9-19)17(23)27-4-2)11-7-10(20(24)25)5-6-14(11)21/h5-7,12-13,15,21H,3-4H2,1-2H3. The highest BCUT2D eigenvalue weighted by molar-refractivity contribution is 5.82. The summed E-state index contributed by atoms with van der Waals surface area (Å²) < 4.78 is 9.62. The average molecular weight is 375 g/mol. The predicted octanol–water partition coefficient (Wildman–Crippen LogP) is 1.79. The molecule has 0 aliphatic heterocycles. The van der Waals surface area contributed by atoms with Crippen molar-refractivity contribution >= 4 is 17.6 Å². The van der Waals surface area contributed by atoms with E-state index in [9.17, 15) is 35.3 Å². The van der Waals surface area contributed by atoms with Gasteiger partial charge in [0.1, 0.15) is 5.75 Å². The lowest BCUT2D eigenvalue weighted by molar-refractivity contribution is -0.385. The quantitative estimate of drug-likeness (QED) is 0.405. The highest BCUT2D eigenvalue weighted by Crippen LogP contribution is 2.40. The smallest absolute Gasteiger partial charge is 0.324 e. The van der Waals surface area contributed by atoms with E-state index in [4.69, 9.17) is 9.47 Å². The number of nitrogens with zero attached hydrogens (tertiary/aromatic N) is 3. The number of rotatable bonds is 8. The van der Waals surface area contributed by atoms with Gasteiger partial charge in [-0.2, -0.15) is 10.5 Å². The Balaban J connectivity index is 3.64. The molecule has 2 atom stereocenters. The summed E-state index contributed by atoms with van der Waals surface area (Å²) in [6, 6.07) is 6.22. The fourth-order valence-electron chi connectivity index (χ4n) is 2.50.